The third kappa shape index (κ3) is 8.64. The summed E-state index contributed by atoms with van der Waals surface area (Å²) in [4.78, 5) is 0. The molecule has 2 aromatic rings. The molecule has 0 heterocycles. The zero-order valence-electron chi connectivity index (χ0n) is 27.0. The molecule has 41 heavy (non-hydrogen) atoms. The second-order valence-corrected chi connectivity index (χ2v) is 14.9. The van der Waals surface area contributed by atoms with E-state index < -0.39 is 0 Å². The predicted molar refractivity (Wildman–Crippen MR) is 176 cm³/mol. The minimum absolute atomic E-state index is 0.787. The van der Waals surface area contributed by atoms with Gasteiger partial charge in [-0.15, -0.1) is 0 Å². The molecule has 0 atom stereocenters. The molecule has 0 bridgehead atoms. The molecule has 0 spiro atoms. The van der Waals surface area contributed by atoms with Crippen LogP contribution in [0.1, 0.15) is 145 Å². The van der Waals surface area contributed by atoms with E-state index in [1.807, 2.05) is 0 Å². The van der Waals surface area contributed by atoms with Gasteiger partial charge in [0, 0.05) is 0 Å². The van der Waals surface area contributed by atoms with Crippen molar-refractivity contribution < 1.29 is 4.74 Å². The van der Waals surface area contributed by atoms with Crippen molar-refractivity contribution in [3.8, 4) is 5.75 Å². The van der Waals surface area contributed by atoms with Gasteiger partial charge in [0.25, 0.3) is 0 Å². The summed E-state index contributed by atoms with van der Waals surface area (Å²) in [5.74, 6) is 8.75. The summed E-state index contributed by atoms with van der Waals surface area (Å²) in [6.45, 7) is 7.05. The molecule has 226 valence electrons. The summed E-state index contributed by atoms with van der Waals surface area (Å²) in [5.41, 5.74) is 4.50. The summed E-state index contributed by atoms with van der Waals surface area (Å²) in [5, 5.41) is 0. The Morgan fingerprint density at radius 1 is 0.439 bits per heavy atom. The van der Waals surface area contributed by atoms with Crippen molar-refractivity contribution in [3.05, 3.63) is 65.2 Å². The second kappa shape index (κ2) is 15.1. The van der Waals surface area contributed by atoms with E-state index in [2.05, 4.69) is 69.3 Å². The van der Waals surface area contributed by atoms with E-state index in [0.29, 0.717) is 0 Å². The lowest BCUT2D eigenvalue weighted by atomic mass is 9.68. The third-order valence-corrected chi connectivity index (χ3v) is 12.1. The minimum Gasteiger partial charge on any atom is -0.497 e. The summed E-state index contributed by atoms with van der Waals surface area (Å²) in [6, 6.07) is 18.1. The van der Waals surface area contributed by atoms with Crippen LogP contribution in [-0.4, -0.2) is 7.11 Å². The molecule has 0 aromatic heterocycles. The zero-order chi connectivity index (χ0) is 28.6. The van der Waals surface area contributed by atoms with Gasteiger partial charge < -0.3 is 4.74 Å². The molecule has 0 saturated heterocycles. The van der Waals surface area contributed by atoms with Crippen LogP contribution in [-0.2, 0) is 0 Å². The smallest absolute Gasteiger partial charge is 0.118 e. The maximum atomic E-state index is 5.26. The van der Waals surface area contributed by atoms with Gasteiger partial charge in [-0.25, -0.2) is 0 Å². The van der Waals surface area contributed by atoms with Crippen molar-refractivity contribution in [2.45, 2.75) is 135 Å². The minimum atomic E-state index is 0.787. The molecule has 0 radical (unpaired) electrons. The van der Waals surface area contributed by atoms with Crippen LogP contribution in [0.2, 0.25) is 0 Å². The molecule has 4 aliphatic carbocycles. The highest BCUT2D eigenvalue weighted by molar-refractivity contribution is 5.29. The normalized spacial score (nSPS) is 34.2. The summed E-state index contributed by atoms with van der Waals surface area (Å²) < 4.78 is 5.26. The Hall–Kier alpha value is -1.76. The fourth-order valence-electron chi connectivity index (χ4n) is 9.08. The highest BCUT2D eigenvalue weighted by Crippen LogP contribution is 2.45. The van der Waals surface area contributed by atoms with Crippen LogP contribution >= 0.6 is 0 Å². The molecule has 0 N–H and O–H groups in total. The molecule has 0 unspecified atom stereocenters. The van der Waals surface area contributed by atoms with Crippen molar-refractivity contribution in [2.24, 2.45) is 35.5 Å². The number of hydrogen-bond donors (Lipinski definition) is 0. The predicted octanol–water partition coefficient (Wildman–Crippen LogP) is 11.9. The fourth-order valence-corrected chi connectivity index (χ4v) is 9.08. The van der Waals surface area contributed by atoms with Crippen LogP contribution in [0.5, 0.6) is 5.75 Å². The lowest BCUT2D eigenvalue weighted by molar-refractivity contribution is 0.165. The molecular weight excluding hydrogens is 496 g/mol. The van der Waals surface area contributed by atoms with Crippen molar-refractivity contribution in [1.82, 2.24) is 0 Å². The Balaban J connectivity index is 0.000000165. The van der Waals surface area contributed by atoms with E-state index in [-0.39, 0.29) is 0 Å². The highest BCUT2D eigenvalue weighted by Gasteiger charge is 2.31. The standard InChI is InChI=1S/C20H30O.C20H30/c1-15-3-5-16(6-4-15)17-7-9-18(10-8-17)19-11-13-20(21-2)14-12-19;1-15-3-7-17(8-4-15)19-11-13-20(14-12-19)18-9-5-16(2)6-10-18/h11-18H,3-10H2,1-2H3;3-4,7-8,16,18-20H,5-6,9-14H2,1-2H3. The first-order valence-corrected chi connectivity index (χ1v) is 17.7. The summed E-state index contributed by atoms with van der Waals surface area (Å²) in [7, 11) is 1.74. The van der Waals surface area contributed by atoms with Crippen LogP contribution in [0.25, 0.3) is 0 Å². The highest BCUT2D eigenvalue weighted by atomic mass is 16.5. The van der Waals surface area contributed by atoms with Crippen molar-refractivity contribution in [1.29, 1.82) is 0 Å². The van der Waals surface area contributed by atoms with E-state index in [1.54, 1.807) is 12.7 Å². The second-order valence-electron chi connectivity index (χ2n) is 14.9. The van der Waals surface area contributed by atoms with Crippen LogP contribution in [0, 0.1) is 42.4 Å². The van der Waals surface area contributed by atoms with Crippen LogP contribution < -0.4 is 4.74 Å². The van der Waals surface area contributed by atoms with E-state index in [4.69, 9.17) is 4.74 Å². The molecular formula is C40H60O. The number of hydrogen-bond acceptors (Lipinski definition) is 1. The number of aryl methyl sites for hydroxylation is 1. The van der Waals surface area contributed by atoms with E-state index in [0.717, 1.165) is 53.1 Å². The van der Waals surface area contributed by atoms with Crippen molar-refractivity contribution in [3.63, 3.8) is 0 Å². The molecule has 4 saturated carbocycles. The van der Waals surface area contributed by atoms with Gasteiger partial charge in [-0.2, -0.15) is 0 Å². The van der Waals surface area contributed by atoms with Gasteiger partial charge in [0.1, 0.15) is 5.75 Å². The van der Waals surface area contributed by atoms with Gasteiger partial charge in [-0.3, -0.25) is 0 Å². The van der Waals surface area contributed by atoms with Crippen LogP contribution in [0.4, 0.5) is 0 Å². The fraction of sp³-hybridized carbons (Fsp3) is 0.700. The molecule has 6 rings (SSSR count). The van der Waals surface area contributed by atoms with Gasteiger partial charge >= 0.3 is 0 Å². The molecule has 0 aliphatic heterocycles. The number of ether oxygens (including phenoxy) is 1. The first-order chi connectivity index (χ1) is 20.0. The topological polar surface area (TPSA) is 9.23 Å². The first-order valence-electron chi connectivity index (χ1n) is 17.7. The van der Waals surface area contributed by atoms with Crippen LogP contribution in [0.15, 0.2) is 48.5 Å². The monoisotopic (exact) mass is 556 g/mol. The summed E-state index contributed by atoms with van der Waals surface area (Å²) >= 11 is 0. The molecule has 2 aromatic carbocycles. The molecule has 4 aliphatic rings. The molecule has 4 fully saturated rings. The maximum absolute atomic E-state index is 5.26. The van der Waals surface area contributed by atoms with E-state index in [1.165, 1.54) is 114 Å². The molecule has 1 heteroatoms. The quantitative estimate of drug-likeness (QED) is 0.356. The van der Waals surface area contributed by atoms with Crippen LogP contribution in [0.3, 0.4) is 0 Å². The van der Waals surface area contributed by atoms with Gasteiger partial charge in [0.15, 0.2) is 0 Å². The number of benzene rings is 2. The van der Waals surface area contributed by atoms with E-state index >= 15 is 0 Å². The van der Waals surface area contributed by atoms with Gasteiger partial charge in [-0.05, 0) is 155 Å². The average Bonchev–Trinajstić information content (AvgIpc) is 3.03. The number of methoxy groups -OCH3 is 1. The van der Waals surface area contributed by atoms with Crippen molar-refractivity contribution in [2.75, 3.05) is 7.11 Å². The third-order valence-electron chi connectivity index (χ3n) is 12.1. The van der Waals surface area contributed by atoms with Gasteiger partial charge in [-0.1, -0.05) is 81.5 Å². The van der Waals surface area contributed by atoms with Gasteiger partial charge in [0.2, 0.25) is 0 Å². The Bertz CT molecular complexity index is 990. The Kier molecular flexibility index (Phi) is 11.3. The number of rotatable bonds is 5. The van der Waals surface area contributed by atoms with Gasteiger partial charge in [0.05, 0.1) is 7.11 Å². The molecule has 0 amide bonds. The SMILES string of the molecule is COc1ccc(C2CCC(C3CCC(C)CC3)CC2)cc1.Cc1ccc(C2CCC(C3CCC(C)CC3)CC2)cc1. The zero-order valence-corrected chi connectivity index (χ0v) is 27.0. The lowest BCUT2D eigenvalue weighted by Gasteiger charge is -2.37. The van der Waals surface area contributed by atoms with Crippen molar-refractivity contribution >= 4 is 0 Å². The maximum Gasteiger partial charge on any atom is 0.118 e. The Morgan fingerprint density at radius 3 is 1.10 bits per heavy atom. The summed E-state index contributed by atoms with van der Waals surface area (Å²) in [6.07, 6.45) is 23.5. The Labute approximate surface area is 253 Å². The van der Waals surface area contributed by atoms with E-state index in [9.17, 15) is 0 Å². The first kappa shape index (κ1) is 30.7. The molecule has 1 nitrogen and oxygen atoms in total. The largest absolute Gasteiger partial charge is 0.497 e. The lowest BCUT2D eigenvalue weighted by Crippen LogP contribution is -2.24. The average molecular weight is 557 g/mol. The Morgan fingerprint density at radius 2 is 0.756 bits per heavy atom.